The summed E-state index contributed by atoms with van der Waals surface area (Å²) < 4.78 is 16.5. The molecule has 22 heavy (non-hydrogen) atoms. The Bertz CT molecular complexity index is 482. The van der Waals surface area contributed by atoms with E-state index in [1.54, 1.807) is 11.9 Å². The highest BCUT2D eigenvalue weighted by Crippen LogP contribution is 2.23. The molecule has 1 aliphatic heterocycles. The minimum absolute atomic E-state index is 0.0562. The van der Waals surface area contributed by atoms with Crippen molar-refractivity contribution in [2.45, 2.75) is 39.6 Å². The van der Waals surface area contributed by atoms with Crippen LogP contribution in [0.3, 0.4) is 0 Å². The minimum Gasteiger partial charge on any atom is -0.465 e. The molecule has 0 aromatic carbocycles. The fourth-order valence-electron chi connectivity index (χ4n) is 2.45. The molecule has 0 radical (unpaired) electrons. The van der Waals surface area contributed by atoms with Gasteiger partial charge in [-0.05, 0) is 32.9 Å². The first-order valence-corrected chi connectivity index (χ1v) is 7.82. The van der Waals surface area contributed by atoms with Crippen LogP contribution in [0.25, 0.3) is 0 Å². The van der Waals surface area contributed by atoms with E-state index in [9.17, 15) is 4.79 Å². The molecule has 0 N–H and O–H groups in total. The summed E-state index contributed by atoms with van der Waals surface area (Å²) in [6, 6.07) is 3.84. The van der Waals surface area contributed by atoms with E-state index in [0.29, 0.717) is 26.3 Å². The quantitative estimate of drug-likeness (QED) is 0.512. The molecular formula is C16H26N2O4. The molecule has 1 aromatic rings. The van der Waals surface area contributed by atoms with Crippen LogP contribution in [0.4, 0.5) is 0 Å². The zero-order chi connectivity index (χ0) is 16.1. The summed E-state index contributed by atoms with van der Waals surface area (Å²) in [5, 5.41) is 0. The van der Waals surface area contributed by atoms with Gasteiger partial charge in [0.1, 0.15) is 17.6 Å². The monoisotopic (exact) mass is 310 g/mol. The minimum atomic E-state index is -0.358. The second-order valence-corrected chi connectivity index (χ2v) is 5.52. The maximum Gasteiger partial charge on any atom is 0.241 e. The Hall–Kier alpha value is -1.37. The van der Waals surface area contributed by atoms with E-state index in [1.165, 1.54) is 0 Å². The summed E-state index contributed by atoms with van der Waals surface area (Å²) in [5.41, 5.74) is 0. The highest BCUT2D eigenvalue weighted by Gasteiger charge is 2.42. The number of hydrogen-bond donors (Lipinski definition) is 0. The fraction of sp³-hybridized carbons (Fsp3) is 0.688. The summed E-state index contributed by atoms with van der Waals surface area (Å²) in [5.74, 6) is 1.90. The van der Waals surface area contributed by atoms with E-state index in [-0.39, 0.29) is 18.2 Å². The average molecular weight is 310 g/mol. The predicted octanol–water partition coefficient (Wildman–Crippen LogP) is 1.63. The van der Waals surface area contributed by atoms with Gasteiger partial charge in [0.25, 0.3) is 0 Å². The van der Waals surface area contributed by atoms with Gasteiger partial charge in [-0.25, -0.2) is 0 Å². The van der Waals surface area contributed by atoms with E-state index in [2.05, 4.69) is 4.90 Å². The molecule has 1 saturated heterocycles. The first-order valence-electron chi connectivity index (χ1n) is 7.82. The maximum atomic E-state index is 12.4. The van der Waals surface area contributed by atoms with Gasteiger partial charge in [0.15, 0.2) is 6.29 Å². The predicted molar refractivity (Wildman–Crippen MR) is 82.3 cm³/mol. The van der Waals surface area contributed by atoms with Crippen LogP contribution in [0.1, 0.15) is 25.4 Å². The first-order chi connectivity index (χ1) is 10.5. The lowest BCUT2D eigenvalue weighted by molar-refractivity contribution is -0.156. The average Bonchev–Trinajstić information content (AvgIpc) is 3.11. The number of carbonyl (C=O) groups is 1. The molecular weight excluding hydrogens is 284 g/mol. The lowest BCUT2D eigenvalue weighted by atomic mass is 10.3. The molecule has 2 heterocycles. The number of amides is 1. The van der Waals surface area contributed by atoms with Gasteiger partial charge in [-0.15, -0.1) is 0 Å². The Morgan fingerprint density at radius 1 is 1.41 bits per heavy atom. The number of carbonyl (C=O) groups excluding carboxylic acids is 1. The van der Waals surface area contributed by atoms with Crippen LogP contribution in [0.2, 0.25) is 0 Å². The third-order valence-electron chi connectivity index (χ3n) is 3.66. The summed E-state index contributed by atoms with van der Waals surface area (Å²) in [6.07, 6.45) is -0.358. The standard InChI is InChI=1S/C16H26N2O4/c1-5-20-15(21-6-2)11-17(4)16(19)14-10-18(14)9-13-8-7-12(3)22-13/h7-8,14-15H,5-6,9-11H2,1-4H3. The molecule has 2 unspecified atom stereocenters. The van der Waals surface area contributed by atoms with Crippen molar-refractivity contribution in [3.05, 3.63) is 23.7 Å². The van der Waals surface area contributed by atoms with Crippen molar-refractivity contribution in [2.75, 3.05) is 33.4 Å². The number of hydrogen-bond acceptors (Lipinski definition) is 5. The smallest absolute Gasteiger partial charge is 0.241 e. The van der Waals surface area contributed by atoms with Gasteiger partial charge >= 0.3 is 0 Å². The normalized spacial score (nSPS) is 20.4. The third kappa shape index (κ3) is 4.56. The number of ether oxygens (including phenoxy) is 2. The number of rotatable bonds is 9. The van der Waals surface area contributed by atoms with Gasteiger partial charge in [-0.1, -0.05) is 0 Å². The molecule has 1 aromatic heterocycles. The van der Waals surface area contributed by atoms with E-state index in [4.69, 9.17) is 13.9 Å². The lowest BCUT2D eigenvalue weighted by Gasteiger charge is -2.24. The summed E-state index contributed by atoms with van der Waals surface area (Å²) in [7, 11) is 1.79. The molecule has 0 spiro atoms. The van der Waals surface area contributed by atoms with Crippen LogP contribution in [0, 0.1) is 6.92 Å². The lowest BCUT2D eigenvalue weighted by Crippen LogP contribution is -2.40. The summed E-state index contributed by atoms with van der Waals surface area (Å²) in [4.78, 5) is 16.2. The fourth-order valence-corrected chi connectivity index (χ4v) is 2.45. The van der Waals surface area contributed by atoms with Gasteiger partial charge in [0.2, 0.25) is 5.91 Å². The van der Waals surface area contributed by atoms with Crippen molar-refractivity contribution in [1.82, 2.24) is 9.80 Å². The summed E-state index contributed by atoms with van der Waals surface area (Å²) in [6.45, 7) is 8.80. The van der Waals surface area contributed by atoms with Gasteiger partial charge in [0, 0.05) is 26.8 Å². The van der Waals surface area contributed by atoms with Crippen molar-refractivity contribution in [3.63, 3.8) is 0 Å². The highest BCUT2D eigenvalue weighted by molar-refractivity contribution is 5.84. The van der Waals surface area contributed by atoms with Gasteiger partial charge in [-0.3, -0.25) is 9.69 Å². The SMILES string of the molecule is CCOC(CN(C)C(=O)C1CN1Cc1ccc(C)o1)OCC. The Kier molecular flexibility index (Phi) is 5.99. The Balaban J connectivity index is 1.79. The zero-order valence-corrected chi connectivity index (χ0v) is 13.9. The molecule has 2 atom stereocenters. The van der Waals surface area contributed by atoms with Crippen LogP contribution in [-0.2, 0) is 20.8 Å². The molecule has 1 amide bonds. The van der Waals surface area contributed by atoms with E-state index < -0.39 is 0 Å². The molecule has 1 aliphatic rings. The van der Waals surface area contributed by atoms with E-state index in [1.807, 2.05) is 32.9 Å². The summed E-state index contributed by atoms with van der Waals surface area (Å²) >= 11 is 0. The van der Waals surface area contributed by atoms with Crippen molar-refractivity contribution >= 4 is 5.91 Å². The molecule has 2 rings (SSSR count). The largest absolute Gasteiger partial charge is 0.465 e. The number of likely N-dealkylation sites (N-methyl/N-ethyl adjacent to an activating group) is 1. The zero-order valence-electron chi connectivity index (χ0n) is 13.9. The molecule has 0 aliphatic carbocycles. The Morgan fingerprint density at radius 3 is 2.64 bits per heavy atom. The Morgan fingerprint density at radius 2 is 2.09 bits per heavy atom. The topological polar surface area (TPSA) is 54.9 Å². The molecule has 0 saturated carbocycles. The van der Waals surface area contributed by atoms with E-state index in [0.717, 1.165) is 18.1 Å². The number of nitrogens with zero attached hydrogens (tertiary/aromatic N) is 2. The first kappa shape index (κ1) is 17.0. The molecule has 0 bridgehead atoms. The van der Waals surface area contributed by atoms with Gasteiger partial charge < -0.3 is 18.8 Å². The maximum absolute atomic E-state index is 12.4. The molecule has 6 nitrogen and oxygen atoms in total. The van der Waals surface area contributed by atoms with Gasteiger partial charge in [0.05, 0.1) is 13.1 Å². The van der Waals surface area contributed by atoms with E-state index >= 15 is 0 Å². The number of furan rings is 1. The van der Waals surface area contributed by atoms with Crippen LogP contribution in [0.15, 0.2) is 16.5 Å². The third-order valence-corrected chi connectivity index (χ3v) is 3.66. The molecule has 6 heteroatoms. The van der Waals surface area contributed by atoms with Gasteiger partial charge in [-0.2, -0.15) is 0 Å². The van der Waals surface area contributed by atoms with Crippen LogP contribution in [0.5, 0.6) is 0 Å². The van der Waals surface area contributed by atoms with Crippen molar-refractivity contribution < 1.29 is 18.7 Å². The highest BCUT2D eigenvalue weighted by atomic mass is 16.7. The second-order valence-electron chi connectivity index (χ2n) is 5.52. The number of aryl methyl sites for hydroxylation is 1. The van der Waals surface area contributed by atoms with Crippen LogP contribution in [-0.4, -0.2) is 61.4 Å². The van der Waals surface area contributed by atoms with Crippen LogP contribution >= 0.6 is 0 Å². The van der Waals surface area contributed by atoms with Crippen LogP contribution < -0.4 is 0 Å². The molecule has 124 valence electrons. The Labute approximate surface area is 132 Å². The van der Waals surface area contributed by atoms with Crippen molar-refractivity contribution in [2.24, 2.45) is 0 Å². The second kappa shape index (κ2) is 7.76. The van der Waals surface area contributed by atoms with Crippen molar-refractivity contribution in [1.29, 1.82) is 0 Å². The van der Waals surface area contributed by atoms with Crippen molar-refractivity contribution in [3.8, 4) is 0 Å². The molecule has 1 fully saturated rings.